The second kappa shape index (κ2) is 5.60. The van der Waals surface area contributed by atoms with Crippen LogP contribution in [-0.2, 0) is 4.74 Å². The van der Waals surface area contributed by atoms with E-state index in [4.69, 9.17) is 9.47 Å². The quantitative estimate of drug-likeness (QED) is 0.783. The predicted octanol–water partition coefficient (Wildman–Crippen LogP) is 3.76. The number of benzene rings is 2. The van der Waals surface area contributed by atoms with E-state index in [0.29, 0.717) is 12.2 Å². The summed E-state index contributed by atoms with van der Waals surface area (Å²) in [6.45, 7) is 2.45. The Hall–Kier alpha value is -2.29. The maximum Gasteiger partial charge on any atom is 0.338 e. The second-order valence-corrected chi connectivity index (χ2v) is 5.54. The lowest BCUT2D eigenvalue weighted by Gasteiger charge is -2.17. The summed E-state index contributed by atoms with van der Waals surface area (Å²) in [6.07, 6.45) is 1.72. The fourth-order valence-electron chi connectivity index (χ4n) is 2.09. The Morgan fingerprint density at radius 1 is 1.05 bits per heavy atom. The molecule has 0 saturated heterocycles. The molecule has 1 aliphatic rings. The summed E-state index contributed by atoms with van der Waals surface area (Å²) >= 11 is 0. The molecular weight excluding hydrogens is 264 g/mol. The highest BCUT2D eigenvalue weighted by molar-refractivity contribution is 5.89. The summed E-state index contributed by atoms with van der Waals surface area (Å²) in [7, 11) is 0. The summed E-state index contributed by atoms with van der Waals surface area (Å²) in [4.78, 5) is 12.1. The number of ether oxygens (including phenoxy) is 2. The Balaban J connectivity index is 1.58. The van der Waals surface area contributed by atoms with Gasteiger partial charge in [0.25, 0.3) is 0 Å². The zero-order valence-electron chi connectivity index (χ0n) is 12.0. The molecule has 108 valence electrons. The number of aryl methyl sites for hydroxylation is 1. The van der Waals surface area contributed by atoms with Gasteiger partial charge in [0.1, 0.15) is 18.0 Å². The maximum absolute atomic E-state index is 12.1. The van der Waals surface area contributed by atoms with Crippen molar-refractivity contribution in [2.75, 3.05) is 6.61 Å². The molecule has 2 aromatic rings. The normalized spacial score (nSPS) is 15.3. The fraction of sp³-hybridized carbons (Fsp3) is 0.278. The van der Waals surface area contributed by atoms with Crippen LogP contribution in [0.4, 0.5) is 0 Å². The van der Waals surface area contributed by atoms with Gasteiger partial charge in [0.15, 0.2) is 0 Å². The highest BCUT2D eigenvalue weighted by Crippen LogP contribution is 2.40. The van der Waals surface area contributed by atoms with E-state index >= 15 is 0 Å². The van der Waals surface area contributed by atoms with Gasteiger partial charge in [0, 0.05) is 0 Å². The summed E-state index contributed by atoms with van der Waals surface area (Å²) in [5.41, 5.74) is 1.33. The van der Waals surface area contributed by atoms with Crippen molar-refractivity contribution >= 4 is 5.97 Å². The van der Waals surface area contributed by atoms with E-state index in [0.717, 1.165) is 18.6 Å². The van der Waals surface area contributed by atoms with E-state index in [-0.39, 0.29) is 5.97 Å². The number of hydrogen-bond donors (Lipinski definition) is 0. The molecule has 0 bridgehead atoms. The average Bonchev–Trinajstić information content (AvgIpc) is 3.27. The molecule has 0 aromatic heterocycles. The molecule has 0 unspecified atom stereocenters. The molecule has 3 nitrogen and oxygen atoms in total. The summed E-state index contributed by atoms with van der Waals surface area (Å²) in [5.74, 6) is 0.531. The van der Waals surface area contributed by atoms with E-state index < -0.39 is 5.60 Å². The van der Waals surface area contributed by atoms with Crippen LogP contribution in [0.5, 0.6) is 5.75 Å². The van der Waals surface area contributed by atoms with Crippen LogP contribution in [0.3, 0.4) is 0 Å². The van der Waals surface area contributed by atoms with Crippen molar-refractivity contribution in [2.24, 2.45) is 0 Å². The van der Waals surface area contributed by atoms with Crippen LogP contribution in [0, 0.1) is 6.92 Å². The fourth-order valence-corrected chi connectivity index (χ4v) is 2.09. The lowest BCUT2D eigenvalue weighted by molar-refractivity contribution is 0.00765. The minimum absolute atomic E-state index is 0.277. The lowest BCUT2D eigenvalue weighted by atomic mass is 10.2. The molecule has 1 fully saturated rings. The zero-order valence-corrected chi connectivity index (χ0v) is 12.0. The maximum atomic E-state index is 12.1. The number of esters is 1. The van der Waals surface area contributed by atoms with Crippen LogP contribution in [0.15, 0.2) is 54.6 Å². The van der Waals surface area contributed by atoms with Crippen LogP contribution in [0.2, 0.25) is 0 Å². The lowest BCUT2D eigenvalue weighted by Crippen LogP contribution is -2.27. The largest absolute Gasteiger partial charge is 0.489 e. The highest BCUT2D eigenvalue weighted by Gasteiger charge is 2.48. The molecule has 0 spiro atoms. The number of carbonyl (C=O) groups excluding carboxylic acids is 1. The van der Waals surface area contributed by atoms with Gasteiger partial charge in [-0.1, -0.05) is 35.9 Å². The molecule has 0 atom stereocenters. The number of rotatable bonds is 5. The topological polar surface area (TPSA) is 35.5 Å². The van der Waals surface area contributed by atoms with Crippen molar-refractivity contribution < 1.29 is 14.3 Å². The van der Waals surface area contributed by atoms with Crippen molar-refractivity contribution in [3.8, 4) is 5.75 Å². The smallest absolute Gasteiger partial charge is 0.338 e. The van der Waals surface area contributed by atoms with E-state index in [9.17, 15) is 4.79 Å². The predicted molar refractivity (Wildman–Crippen MR) is 80.5 cm³/mol. The van der Waals surface area contributed by atoms with Crippen LogP contribution in [0.1, 0.15) is 28.8 Å². The van der Waals surface area contributed by atoms with Gasteiger partial charge in [-0.25, -0.2) is 4.79 Å². The summed E-state index contributed by atoms with van der Waals surface area (Å²) in [5, 5.41) is 0. The van der Waals surface area contributed by atoms with Gasteiger partial charge < -0.3 is 9.47 Å². The van der Waals surface area contributed by atoms with Crippen molar-refractivity contribution in [1.29, 1.82) is 0 Å². The van der Waals surface area contributed by atoms with Crippen molar-refractivity contribution in [1.82, 2.24) is 0 Å². The van der Waals surface area contributed by atoms with Crippen LogP contribution in [0.25, 0.3) is 0 Å². The Bertz CT molecular complexity index is 613. The first-order chi connectivity index (χ1) is 10.2. The van der Waals surface area contributed by atoms with Gasteiger partial charge in [0.2, 0.25) is 0 Å². The minimum atomic E-state index is -0.447. The highest BCUT2D eigenvalue weighted by atomic mass is 16.6. The third-order valence-electron chi connectivity index (χ3n) is 3.65. The zero-order chi connectivity index (χ0) is 14.7. The second-order valence-electron chi connectivity index (χ2n) is 5.54. The molecule has 0 aliphatic heterocycles. The van der Waals surface area contributed by atoms with E-state index in [1.165, 1.54) is 5.56 Å². The Morgan fingerprint density at radius 2 is 1.71 bits per heavy atom. The van der Waals surface area contributed by atoms with Gasteiger partial charge >= 0.3 is 5.97 Å². The van der Waals surface area contributed by atoms with Crippen molar-refractivity contribution in [2.45, 2.75) is 25.4 Å². The summed E-state index contributed by atoms with van der Waals surface area (Å²) in [6, 6.07) is 16.9. The molecule has 21 heavy (non-hydrogen) atoms. The van der Waals surface area contributed by atoms with Gasteiger partial charge in [-0.05, 0) is 44.0 Å². The van der Waals surface area contributed by atoms with Gasteiger partial charge in [-0.2, -0.15) is 0 Å². The molecule has 0 heterocycles. The molecule has 0 amide bonds. The van der Waals surface area contributed by atoms with Crippen LogP contribution in [-0.4, -0.2) is 18.2 Å². The minimum Gasteiger partial charge on any atom is -0.489 e. The van der Waals surface area contributed by atoms with Gasteiger partial charge in [0.05, 0.1) is 5.56 Å². The summed E-state index contributed by atoms with van der Waals surface area (Å²) < 4.78 is 11.4. The van der Waals surface area contributed by atoms with Crippen LogP contribution >= 0.6 is 0 Å². The number of carbonyl (C=O) groups is 1. The van der Waals surface area contributed by atoms with E-state index in [1.807, 2.05) is 49.4 Å². The van der Waals surface area contributed by atoms with E-state index in [1.54, 1.807) is 12.1 Å². The number of hydrogen-bond acceptors (Lipinski definition) is 3. The van der Waals surface area contributed by atoms with Gasteiger partial charge in [-0.3, -0.25) is 0 Å². The molecule has 3 rings (SSSR count). The molecule has 1 aliphatic carbocycles. The van der Waals surface area contributed by atoms with Crippen molar-refractivity contribution in [3.05, 3.63) is 65.7 Å². The molecule has 2 aromatic carbocycles. The first kappa shape index (κ1) is 13.7. The molecule has 0 N–H and O–H groups in total. The Morgan fingerprint density at radius 3 is 2.33 bits per heavy atom. The van der Waals surface area contributed by atoms with Crippen molar-refractivity contribution in [3.63, 3.8) is 0 Å². The molecule has 1 saturated carbocycles. The van der Waals surface area contributed by atoms with E-state index in [2.05, 4.69) is 0 Å². The standard InChI is InChI=1S/C18H18O3/c1-14-7-9-16(10-8-14)20-13-18(11-12-18)21-17(19)15-5-3-2-4-6-15/h2-10H,11-13H2,1H3. The van der Waals surface area contributed by atoms with Crippen LogP contribution < -0.4 is 4.74 Å². The average molecular weight is 282 g/mol. The first-order valence-corrected chi connectivity index (χ1v) is 7.15. The molecular formula is C18H18O3. The Labute approximate surface area is 124 Å². The first-order valence-electron chi connectivity index (χ1n) is 7.15. The monoisotopic (exact) mass is 282 g/mol. The third kappa shape index (κ3) is 3.43. The third-order valence-corrected chi connectivity index (χ3v) is 3.65. The van der Waals surface area contributed by atoms with Gasteiger partial charge in [-0.15, -0.1) is 0 Å². The molecule has 0 radical (unpaired) electrons. The molecule has 3 heteroatoms. The SMILES string of the molecule is Cc1ccc(OCC2(OC(=O)c3ccccc3)CC2)cc1. The Kier molecular flexibility index (Phi) is 3.65.